The lowest BCUT2D eigenvalue weighted by Gasteiger charge is -2.43. The summed E-state index contributed by atoms with van der Waals surface area (Å²) in [6.07, 6.45) is 3.36. The summed E-state index contributed by atoms with van der Waals surface area (Å²) in [4.78, 5) is 29.9. The van der Waals surface area contributed by atoms with Crippen LogP contribution in [0.4, 0.5) is 0 Å². The predicted molar refractivity (Wildman–Crippen MR) is 131 cm³/mol. The van der Waals surface area contributed by atoms with Crippen molar-refractivity contribution in [2.24, 2.45) is 0 Å². The summed E-state index contributed by atoms with van der Waals surface area (Å²) in [6, 6.07) is 16.6. The van der Waals surface area contributed by atoms with Crippen LogP contribution in [0.3, 0.4) is 0 Å². The summed E-state index contributed by atoms with van der Waals surface area (Å²) in [5, 5.41) is 0. The Morgan fingerprint density at radius 2 is 1.60 bits per heavy atom. The van der Waals surface area contributed by atoms with Crippen molar-refractivity contribution in [3.63, 3.8) is 0 Å². The summed E-state index contributed by atoms with van der Waals surface area (Å²) in [5.41, 5.74) is -0.922. The molecule has 35 heavy (non-hydrogen) atoms. The molecule has 188 valence electrons. The van der Waals surface area contributed by atoms with Crippen LogP contribution in [0.2, 0.25) is 0 Å². The predicted octanol–water partition coefficient (Wildman–Crippen LogP) is 3.15. The van der Waals surface area contributed by atoms with Gasteiger partial charge in [0.15, 0.2) is 6.61 Å². The smallest absolute Gasteiger partial charge is 0.260 e. The van der Waals surface area contributed by atoms with Gasteiger partial charge in [-0.3, -0.25) is 9.59 Å². The molecule has 1 unspecified atom stereocenters. The van der Waals surface area contributed by atoms with Gasteiger partial charge in [-0.1, -0.05) is 24.3 Å². The molecule has 0 aromatic heterocycles. The minimum Gasteiger partial charge on any atom is -0.497 e. The van der Waals surface area contributed by atoms with Crippen LogP contribution in [0.15, 0.2) is 54.6 Å². The first kappa shape index (κ1) is 24.9. The largest absolute Gasteiger partial charge is 0.497 e. The number of likely N-dealkylation sites (tertiary alicyclic amines) is 1. The zero-order valence-corrected chi connectivity index (χ0v) is 20.3. The van der Waals surface area contributed by atoms with Gasteiger partial charge in [0.25, 0.3) is 5.91 Å². The molecular formula is C27H34N2O6. The Balaban J connectivity index is 1.43. The number of morpholine rings is 1. The fourth-order valence-electron chi connectivity index (χ4n) is 4.49. The maximum absolute atomic E-state index is 13.2. The number of carbonyl (C=O) groups is 2. The van der Waals surface area contributed by atoms with E-state index in [9.17, 15) is 9.59 Å². The molecule has 8 heteroatoms. The number of benzene rings is 2. The summed E-state index contributed by atoms with van der Waals surface area (Å²) in [7, 11) is 1.58. The van der Waals surface area contributed by atoms with Crippen LogP contribution in [0, 0.1) is 0 Å². The Bertz CT molecular complexity index is 979. The molecule has 0 N–H and O–H groups in total. The van der Waals surface area contributed by atoms with E-state index in [0.717, 1.165) is 32.4 Å². The van der Waals surface area contributed by atoms with Crippen molar-refractivity contribution < 1.29 is 28.5 Å². The van der Waals surface area contributed by atoms with Crippen LogP contribution in [-0.4, -0.2) is 80.3 Å². The van der Waals surface area contributed by atoms with Gasteiger partial charge in [-0.15, -0.1) is 0 Å². The second-order valence-electron chi connectivity index (χ2n) is 9.03. The lowest BCUT2D eigenvalue weighted by atomic mass is 9.96. The second-order valence-corrected chi connectivity index (χ2v) is 9.03. The quantitative estimate of drug-likeness (QED) is 0.547. The van der Waals surface area contributed by atoms with Crippen LogP contribution in [0.1, 0.15) is 25.7 Å². The van der Waals surface area contributed by atoms with E-state index < -0.39 is 5.60 Å². The van der Waals surface area contributed by atoms with E-state index in [2.05, 4.69) is 0 Å². The van der Waals surface area contributed by atoms with Gasteiger partial charge in [-0.25, -0.2) is 0 Å². The molecule has 0 radical (unpaired) electrons. The van der Waals surface area contributed by atoms with Gasteiger partial charge in [-0.05, 0) is 43.5 Å². The number of piperidine rings is 1. The third kappa shape index (κ3) is 6.88. The van der Waals surface area contributed by atoms with E-state index in [-0.39, 0.29) is 38.0 Å². The zero-order chi connectivity index (χ0) is 24.5. The van der Waals surface area contributed by atoms with Gasteiger partial charge in [0.2, 0.25) is 5.91 Å². The minimum absolute atomic E-state index is 0.0447. The van der Waals surface area contributed by atoms with Crippen molar-refractivity contribution in [2.45, 2.75) is 31.3 Å². The highest BCUT2D eigenvalue weighted by molar-refractivity contribution is 5.79. The van der Waals surface area contributed by atoms with Crippen molar-refractivity contribution in [1.82, 2.24) is 9.80 Å². The number of carbonyl (C=O) groups excluding carboxylic acids is 2. The number of amides is 2. The highest BCUT2D eigenvalue weighted by Crippen LogP contribution is 2.27. The molecule has 0 spiro atoms. The molecule has 8 nitrogen and oxygen atoms in total. The number of nitrogens with zero attached hydrogens (tertiary/aromatic N) is 2. The fourth-order valence-corrected chi connectivity index (χ4v) is 4.49. The maximum atomic E-state index is 13.2. The number of rotatable bonds is 9. The monoisotopic (exact) mass is 482 g/mol. The first-order valence-corrected chi connectivity index (χ1v) is 12.2. The Labute approximate surface area is 206 Å². The maximum Gasteiger partial charge on any atom is 0.260 e. The van der Waals surface area contributed by atoms with Crippen molar-refractivity contribution >= 4 is 11.8 Å². The standard InChI is InChI=1S/C27H34N2O6/c1-32-23-11-8-12-24(17-23)33-19-26(31)29-15-16-35-27(20-29,21-34-22-9-4-2-5-10-22)18-25(30)28-13-6-3-7-14-28/h2,4-5,8-12,17H,3,6-7,13-16,18-21H2,1H3. The molecule has 2 aromatic rings. The molecule has 0 saturated carbocycles. The molecule has 2 heterocycles. The van der Waals surface area contributed by atoms with Crippen LogP contribution >= 0.6 is 0 Å². The van der Waals surface area contributed by atoms with Gasteiger partial charge >= 0.3 is 0 Å². The summed E-state index contributed by atoms with van der Waals surface area (Å²) < 4.78 is 23.2. The van der Waals surface area contributed by atoms with Crippen molar-refractivity contribution in [3.8, 4) is 17.2 Å². The Morgan fingerprint density at radius 3 is 2.37 bits per heavy atom. The second kappa shape index (κ2) is 11.9. The average molecular weight is 483 g/mol. The minimum atomic E-state index is -0.922. The average Bonchev–Trinajstić information content (AvgIpc) is 2.92. The van der Waals surface area contributed by atoms with E-state index in [1.165, 1.54) is 0 Å². The molecule has 0 aliphatic carbocycles. The molecule has 4 rings (SSSR count). The Morgan fingerprint density at radius 1 is 0.857 bits per heavy atom. The third-order valence-corrected chi connectivity index (χ3v) is 6.43. The van der Waals surface area contributed by atoms with Crippen molar-refractivity contribution in [3.05, 3.63) is 54.6 Å². The van der Waals surface area contributed by atoms with E-state index in [1.54, 1.807) is 24.1 Å². The highest BCUT2D eigenvalue weighted by atomic mass is 16.5. The fraction of sp³-hybridized carbons (Fsp3) is 0.481. The number of methoxy groups -OCH3 is 1. The highest BCUT2D eigenvalue weighted by Gasteiger charge is 2.42. The van der Waals surface area contributed by atoms with Crippen LogP contribution < -0.4 is 14.2 Å². The lowest BCUT2D eigenvalue weighted by molar-refractivity contribution is -0.167. The third-order valence-electron chi connectivity index (χ3n) is 6.43. The summed E-state index contributed by atoms with van der Waals surface area (Å²) in [6.45, 7) is 2.64. The number of hydrogen-bond donors (Lipinski definition) is 0. The number of ether oxygens (including phenoxy) is 4. The van der Waals surface area contributed by atoms with Gasteiger partial charge < -0.3 is 28.7 Å². The summed E-state index contributed by atoms with van der Waals surface area (Å²) >= 11 is 0. The molecule has 2 aliphatic heterocycles. The first-order valence-electron chi connectivity index (χ1n) is 12.2. The molecular weight excluding hydrogens is 448 g/mol. The van der Waals surface area contributed by atoms with Gasteiger partial charge in [0.05, 0.1) is 26.7 Å². The van der Waals surface area contributed by atoms with E-state index >= 15 is 0 Å². The summed E-state index contributed by atoms with van der Waals surface area (Å²) in [5.74, 6) is 1.80. The van der Waals surface area contributed by atoms with E-state index in [4.69, 9.17) is 18.9 Å². The Hall–Kier alpha value is -3.26. The molecule has 2 fully saturated rings. The van der Waals surface area contributed by atoms with Gasteiger partial charge in [0.1, 0.15) is 29.5 Å². The molecule has 2 amide bonds. The Kier molecular flexibility index (Phi) is 8.47. The van der Waals surface area contributed by atoms with Gasteiger partial charge in [0, 0.05) is 25.7 Å². The van der Waals surface area contributed by atoms with Crippen LogP contribution in [0.25, 0.3) is 0 Å². The topological polar surface area (TPSA) is 77.5 Å². The van der Waals surface area contributed by atoms with E-state index in [0.29, 0.717) is 30.4 Å². The molecule has 0 bridgehead atoms. The van der Waals surface area contributed by atoms with Crippen LogP contribution in [0.5, 0.6) is 17.2 Å². The first-order chi connectivity index (χ1) is 17.1. The molecule has 2 aromatic carbocycles. The lowest BCUT2D eigenvalue weighted by Crippen LogP contribution is -2.59. The normalized spacial score (nSPS) is 20.3. The number of para-hydroxylation sites is 1. The van der Waals surface area contributed by atoms with E-state index in [1.807, 2.05) is 47.4 Å². The molecule has 1 atom stereocenters. The zero-order valence-electron chi connectivity index (χ0n) is 20.3. The van der Waals surface area contributed by atoms with Gasteiger partial charge in [-0.2, -0.15) is 0 Å². The van der Waals surface area contributed by atoms with Crippen LogP contribution in [-0.2, 0) is 14.3 Å². The SMILES string of the molecule is COc1cccc(OCC(=O)N2CCOC(COc3ccccc3)(CC(=O)N3CCCCC3)C2)c1. The molecule has 2 saturated heterocycles. The number of hydrogen-bond acceptors (Lipinski definition) is 6. The molecule has 2 aliphatic rings. The van der Waals surface area contributed by atoms with Crippen molar-refractivity contribution in [2.75, 3.05) is 53.1 Å². The van der Waals surface area contributed by atoms with Crippen molar-refractivity contribution in [1.29, 1.82) is 0 Å².